The molecule has 4 aliphatic rings. The molecule has 4 heterocycles. The molecule has 0 aromatic carbocycles. The van der Waals surface area contributed by atoms with Gasteiger partial charge in [-0.15, -0.1) is 0 Å². The largest absolute Gasteiger partial charge is 0.479 e. The highest BCUT2D eigenvalue weighted by Gasteiger charge is 2.56. The van der Waals surface area contributed by atoms with Crippen molar-refractivity contribution >= 4 is 5.97 Å². The third kappa shape index (κ3) is 7.31. The van der Waals surface area contributed by atoms with E-state index in [4.69, 9.17) is 38.3 Å². The van der Waals surface area contributed by atoms with Crippen molar-refractivity contribution in [3.63, 3.8) is 0 Å². The Hall–Kier alpha value is -1.33. The van der Waals surface area contributed by atoms with Crippen LogP contribution in [0.4, 0.5) is 0 Å². The van der Waals surface area contributed by atoms with Gasteiger partial charge in [-0.25, -0.2) is 4.79 Å². The van der Waals surface area contributed by atoms with Crippen LogP contribution in [-0.4, -0.2) is 220 Å². The van der Waals surface area contributed by atoms with Crippen LogP contribution in [-0.2, 0) is 38.0 Å². The molecule has 22 nitrogen and oxygen atoms in total. The van der Waals surface area contributed by atoms with Gasteiger partial charge in [0.25, 0.3) is 0 Å². The summed E-state index contributed by atoms with van der Waals surface area (Å²) in [6.45, 7) is -2.70. The first-order valence-corrected chi connectivity index (χ1v) is 14.1. The van der Waals surface area contributed by atoms with Crippen molar-refractivity contribution in [1.29, 1.82) is 0 Å². The summed E-state index contributed by atoms with van der Waals surface area (Å²) in [5.41, 5.74) is 0. The molecule has 0 aliphatic carbocycles. The molecule has 1 unspecified atom stereocenters. The van der Waals surface area contributed by atoms with Crippen LogP contribution in [0.3, 0.4) is 0 Å². The summed E-state index contributed by atoms with van der Waals surface area (Å²) in [7, 11) is 0. The van der Waals surface area contributed by atoms with E-state index in [-0.39, 0.29) is 0 Å². The number of hydrogen-bond acceptors (Lipinski definition) is 21. The first kappa shape index (κ1) is 37.5. The monoisotopic (exact) mass is 680 g/mol. The molecule has 0 saturated carbocycles. The van der Waals surface area contributed by atoms with Gasteiger partial charge in [-0.2, -0.15) is 0 Å². The number of aliphatic hydroxyl groups is 13. The van der Waals surface area contributed by atoms with Crippen LogP contribution in [0.15, 0.2) is 0 Å². The van der Waals surface area contributed by atoms with Crippen molar-refractivity contribution in [1.82, 2.24) is 0 Å². The van der Waals surface area contributed by atoms with Gasteiger partial charge < -0.3 is 105 Å². The molecule has 22 heteroatoms. The first-order valence-electron chi connectivity index (χ1n) is 14.1. The van der Waals surface area contributed by atoms with Crippen molar-refractivity contribution in [2.75, 3.05) is 19.8 Å². The SMILES string of the molecule is O=C(O)[C@H]1OC(O)[C@@H](O[C@H]2O[C@H](CO)[C@@H](O)[C@H](O)[C@@H]2O[C@H]2O[C@H](CO)[C@@H](O)[C@H](O[C@H]3O[C@H](CO)[C@@H](O)[C@H](O)[C@H]3O)[C@@H]2O)[C@@H](O)[C@@H]1O. The molecule has 4 saturated heterocycles. The maximum atomic E-state index is 11.3. The third-order valence-electron chi connectivity index (χ3n) is 8.18. The van der Waals surface area contributed by atoms with Gasteiger partial charge in [0.05, 0.1) is 19.8 Å². The highest BCUT2D eigenvalue weighted by molar-refractivity contribution is 5.73. The van der Waals surface area contributed by atoms with Crippen LogP contribution >= 0.6 is 0 Å². The molecule has 4 aliphatic heterocycles. The maximum absolute atomic E-state index is 11.3. The lowest BCUT2D eigenvalue weighted by Crippen LogP contribution is -2.68. The van der Waals surface area contributed by atoms with Crippen molar-refractivity contribution in [2.45, 2.75) is 123 Å². The summed E-state index contributed by atoms with van der Waals surface area (Å²) >= 11 is 0. The Labute approximate surface area is 258 Å². The van der Waals surface area contributed by atoms with Gasteiger partial charge in [-0.05, 0) is 0 Å². The fraction of sp³-hybridized carbons (Fsp3) is 0.958. The van der Waals surface area contributed by atoms with E-state index in [1.807, 2.05) is 0 Å². The van der Waals surface area contributed by atoms with Crippen LogP contribution in [0.1, 0.15) is 0 Å². The van der Waals surface area contributed by atoms with Crippen LogP contribution in [0.2, 0.25) is 0 Å². The van der Waals surface area contributed by atoms with Gasteiger partial charge in [-0.1, -0.05) is 0 Å². The number of hydrogen-bond donors (Lipinski definition) is 14. The number of carbonyl (C=O) groups is 1. The maximum Gasteiger partial charge on any atom is 0.335 e. The normalized spacial score (nSPS) is 51.9. The summed E-state index contributed by atoms with van der Waals surface area (Å²) in [6, 6.07) is 0. The molecule has 46 heavy (non-hydrogen) atoms. The minimum Gasteiger partial charge on any atom is -0.479 e. The highest BCUT2D eigenvalue weighted by Crippen LogP contribution is 2.34. The van der Waals surface area contributed by atoms with Gasteiger partial charge in [0, 0.05) is 0 Å². The number of aliphatic carboxylic acids is 1. The molecule has 0 aromatic heterocycles. The Morgan fingerprint density at radius 3 is 1.43 bits per heavy atom. The molecular weight excluding hydrogens is 640 g/mol. The molecule has 14 N–H and O–H groups in total. The second kappa shape index (κ2) is 15.5. The number of ether oxygens (including phenoxy) is 7. The Kier molecular flexibility index (Phi) is 12.6. The number of carboxylic acids is 1. The first-order chi connectivity index (χ1) is 21.7. The molecule has 4 fully saturated rings. The van der Waals surface area contributed by atoms with E-state index in [0.717, 1.165) is 0 Å². The van der Waals surface area contributed by atoms with Gasteiger partial charge in [-0.3, -0.25) is 0 Å². The van der Waals surface area contributed by atoms with Crippen molar-refractivity contribution < 1.29 is 109 Å². The quantitative estimate of drug-likeness (QED) is 0.102. The average molecular weight is 681 g/mol. The lowest BCUT2D eigenvalue weighted by Gasteiger charge is -2.49. The zero-order chi connectivity index (χ0) is 34.2. The van der Waals surface area contributed by atoms with E-state index >= 15 is 0 Å². The van der Waals surface area contributed by atoms with Crippen molar-refractivity contribution in [2.24, 2.45) is 0 Å². The summed E-state index contributed by atoms with van der Waals surface area (Å²) in [5.74, 6) is -1.73. The zero-order valence-corrected chi connectivity index (χ0v) is 23.7. The molecule has 4 rings (SSSR count). The molecule has 0 aromatic rings. The van der Waals surface area contributed by atoms with E-state index in [9.17, 15) is 71.2 Å². The number of rotatable bonds is 10. The molecule has 0 amide bonds. The van der Waals surface area contributed by atoms with E-state index in [2.05, 4.69) is 0 Å². The standard InChI is InChI=1S/C24H40O22/c25-1-4-7(28)10(31)14(35)22(40-4)44-16-9(30)6(3-27)41-23(15(16)36)46-19-11(32)8(29)5(2-26)42-24(19)45-18-13(34)12(33)17(20(37)38)43-21(18)39/h4-19,21-36,39H,1-3H2,(H,37,38)/t4-,5-,6-,7-,8-,9-,10+,11+,12+,13+,14-,15+,16+,17+,18+,19+,21?,22-,23-,24-/m1/s1. The number of aliphatic hydroxyl groups excluding tert-OH is 13. The third-order valence-corrected chi connectivity index (χ3v) is 8.18. The van der Waals surface area contributed by atoms with E-state index < -0.39 is 149 Å². The Morgan fingerprint density at radius 1 is 0.457 bits per heavy atom. The van der Waals surface area contributed by atoms with Gasteiger partial charge in [0.2, 0.25) is 0 Å². The van der Waals surface area contributed by atoms with Gasteiger partial charge >= 0.3 is 5.97 Å². The van der Waals surface area contributed by atoms with Gasteiger partial charge in [0.1, 0.15) is 91.6 Å². The van der Waals surface area contributed by atoms with E-state index in [1.165, 1.54) is 0 Å². The summed E-state index contributed by atoms with van der Waals surface area (Å²) in [6.07, 6.45) is -38.6. The van der Waals surface area contributed by atoms with Crippen LogP contribution < -0.4 is 0 Å². The molecule has 0 radical (unpaired) electrons. The summed E-state index contributed by atoms with van der Waals surface area (Å²) in [5, 5.41) is 143. The average Bonchev–Trinajstić information content (AvgIpc) is 3.03. The van der Waals surface area contributed by atoms with Crippen LogP contribution in [0, 0.1) is 0 Å². The van der Waals surface area contributed by atoms with E-state index in [0.29, 0.717) is 0 Å². The smallest absolute Gasteiger partial charge is 0.335 e. The van der Waals surface area contributed by atoms with Crippen LogP contribution in [0.5, 0.6) is 0 Å². The topological polar surface area (TPSA) is 365 Å². The van der Waals surface area contributed by atoms with Crippen molar-refractivity contribution in [3.8, 4) is 0 Å². The number of carboxylic acid groups (broad SMARTS) is 1. The second-order valence-corrected chi connectivity index (χ2v) is 11.2. The summed E-state index contributed by atoms with van der Waals surface area (Å²) < 4.78 is 37.4. The van der Waals surface area contributed by atoms with Crippen molar-refractivity contribution in [3.05, 3.63) is 0 Å². The van der Waals surface area contributed by atoms with Gasteiger partial charge in [0.15, 0.2) is 31.3 Å². The zero-order valence-electron chi connectivity index (χ0n) is 23.7. The minimum absolute atomic E-state index is 0.837. The summed E-state index contributed by atoms with van der Waals surface area (Å²) in [4.78, 5) is 11.3. The fourth-order valence-corrected chi connectivity index (χ4v) is 5.48. The molecule has 0 bridgehead atoms. The lowest BCUT2D eigenvalue weighted by molar-refractivity contribution is -0.398. The Morgan fingerprint density at radius 2 is 0.891 bits per heavy atom. The molecule has 268 valence electrons. The Balaban J connectivity index is 1.56. The second-order valence-electron chi connectivity index (χ2n) is 11.2. The highest BCUT2D eigenvalue weighted by atomic mass is 16.8. The van der Waals surface area contributed by atoms with E-state index in [1.54, 1.807) is 0 Å². The molecule has 20 atom stereocenters. The lowest BCUT2D eigenvalue weighted by atomic mass is 9.96. The molecule has 0 spiro atoms. The predicted octanol–water partition coefficient (Wildman–Crippen LogP) is -9.66. The fourth-order valence-electron chi connectivity index (χ4n) is 5.48. The Bertz CT molecular complexity index is 990. The minimum atomic E-state index is -2.22. The molecular formula is C24H40O22. The van der Waals surface area contributed by atoms with Crippen LogP contribution in [0.25, 0.3) is 0 Å². The predicted molar refractivity (Wildman–Crippen MR) is 134 cm³/mol.